The molecule has 0 aliphatic heterocycles. The fourth-order valence-electron chi connectivity index (χ4n) is 0.998. The fourth-order valence-corrected chi connectivity index (χ4v) is 0.998. The zero-order valence-electron chi connectivity index (χ0n) is 7.58. The van der Waals surface area contributed by atoms with Gasteiger partial charge in [0, 0.05) is 6.07 Å². The van der Waals surface area contributed by atoms with Crippen LogP contribution in [0.25, 0.3) is 6.08 Å². The van der Waals surface area contributed by atoms with Crippen LogP contribution in [0, 0.1) is 0 Å². The van der Waals surface area contributed by atoms with Gasteiger partial charge in [-0.2, -0.15) is 0 Å². The minimum absolute atomic E-state index is 0.480. The van der Waals surface area contributed by atoms with Gasteiger partial charge in [0.2, 0.25) is 0 Å². The summed E-state index contributed by atoms with van der Waals surface area (Å²) < 4.78 is 21.9. The zero-order valence-corrected chi connectivity index (χ0v) is 7.58. The van der Waals surface area contributed by atoms with Gasteiger partial charge in [-0.05, 0) is 23.8 Å². The summed E-state index contributed by atoms with van der Waals surface area (Å²) in [6.45, 7) is 0. The molecule has 0 N–H and O–H groups in total. The molecule has 0 saturated heterocycles. The summed E-state index contributed by atoms with van der Waals surface area (Å²) >= 11 is 0. The topological polar surface area (TPSA) is 18.5 Å². The van der Waals surface area contributed by atoms with E-state index in [1.165, 1.54) is 6.08 Å². The largest absolute Gasteiger partial charge is 0.497 e. The van der Waals surface area contributed by atoms with Gasteiger partial charge in [-0.15, -0.1) is 0 Å². The third-order valence-corrected chi connectivity index (χ3v) is 1.63. The molecule has 0 bridgehead atoms. The Morgan fingerprint density at radius 3 is 2.00 bits per heavy atom. The van der Waals surface area contributed by atoms with Crippen LogP contribution >= 0.6 is 0 Å². The quantitative estimate of drug-likeness (QED) is 0.715. The molecule has 1 rings (SSSR count). The molecule has 0 amide bonds. The van der Waals surface area contributed by atoms with Gasteiger partial charge >= 0.3 is 0 Å². The van der Waals surface area contributed by atoms with Gasteiger partial charge in [0.05, 0.1) is 20.5 Å². The van der Waals surface area contributed by atoms with Gasteiger partial charge in [0.25, 0.3) is 0 Å². The molecular formula is C10H11FO2. The first-order chi connectivity index (χ1) is 6.30. The zero-order chi connectivity index (χ0) is 9.68. The molecule has 13 heavy (non-hydrogen) atoms. The number of benzene rings is 1. The molecule has 1 aromatic carbocycles. The van der Waals surface area contributed by atoms with E-state index in [2.05, 4.69) is 0 Å². The number of methoxy groups -OCH3 is 2. The Balaban J connectivity index is 3.07. The smallest absolute Gasteiger partial charge is 0.123 e. The normalized spacial score (nSPS) is 10.4. The Kier molecular flexibility index (Phi) is 3.31. The fraction of sp³-hybridized carbons (Fsp3) is 0.200. The third kappa shape index (κ3) is 2.47. The van der Waals surface area contributed by atoms with Crippen molar-refractivity contribution in [1.82, 2.24) is 0 Å². The van der Waals surface area contributed by atoms with Crippen molar-refractivity contribution in [3.63, 3.8) is 0 Å². The highest BCUT2D eigenvalue weighted by molar-refractivity contribution is 5.54. The Labute approximate surface area is 76.6 Å². The lowest BCUT2D eigenvalue weighted by Crippen LogP contribution is -1.87. The van der Waals surface area contributed by atoms with Crippen LogP contribution in [0.5, 0.6) is 11.5 Å². The number of halogens is 1. The second-order valence-electron chi connectivity index (χ2n) is 2.44. The van der Waals surface area contributed by atoms with Gasteiger partial charge < -0.3 is 9.47 Å². The van der Waals surface area contributed by atoms with Crippen molar-refractivity contribution in [2.24, 2.45) is 0 Å². The van der Waals surface area contributed by atoms with Crippen molar-refractivity contribution in [2.75, 3.05) is 14.2 Å². The highest BCUT2D eigenvalue weighted by Crippen LogP contribution is 2.23. The maximum atomic E-state index is 11.9. The maximum Gasteiger partial charge on any atom is 0.123 e. The summed E-state index contributed by atoms with van der Waals surface area (Å²) in [6, 6.07) is 5.17. The summed E-state index contributed by atoms with van der Waals surface area (Å²) in [5.74, 6) is 1.29. The average Bonchev–Trinajstić information content (AvgIpc) is 2.17. The number of hydrogen-bond acceptors (Lipinski definition) is 2. The van der Waals surface area contributed by atoms with E-state index in [1.54, 1.807) is 32.4 Å². The summed E-state index contributed by atoms with van der Waals surface area (Å²) in [4.78, 5) is 0. The predicted octanol–water partition coefficient (Wildman–Crippen LogP) is 2.64. The Hall–Kier alpha value is -1.51. The van der Waals surface area contributed by atoms with Crippen molar-refractivity contribution in [3.05, 3.63) is 30.1 Å². The summed E-state index contributed by atoms with van der Waals surface area (Å²) in [5.41, 5.74) is 0.707. The van der Waals surface area contributed by atoms with Crippen molar-refractivity contribution < 1.29 is 13.9 Å². The van der Waals surface area contributed by atoms with Gasteiger partial charge in [-0.3, -0.25) is 0 Å². The molecule has 0 heterocycles. The van der Waals surface area contributed by atoms with E-state index in [9.17, 15) is 4.39 Å². The molecule has 0 unspecified atom stereocenters. The molecule has 2 nitrogen and oxygen atoms in total. The second kappa shape index (κ2) is 4.50. The van der Waals surface area contributed by atoms with E-state index in [1.807, 2.05) is 0 Å². The summed E-state index contributed by atoms with van der Waals surface area (Å²) in [6.07, 6.45) is 1.82. The molecule has 70 valence electrons. The highest BCUT2D eigenvalue weighted by Gasteiger charge is 1.98. The van der Waals surface area contributed by atoms with Crippen molar-refractivity contribution in [3.8, 4) is 11.5 Å². The van der Waals surface area contributed by atoms with Crippen LogP contribution in [-0.2, 0) is 0 Å². The molecule has 0 radical (unpaired) electrons. The molecule has 3 heteroatoms. The predicted molar refractivity (Wildman–Crippen MR) is 49.7 cm³/mol. The average molecular weight is 182 g/mol. The van der Waals surface area contributed by atoms with E-state index in [0.29, 0.717) is 23.4 Å². The Morgan fingerprint density at radius 2 is 1.62 bits per heavy atom. The van der Waals surface area contributed by atoms with E-state index in [0.717, 1.165) is 0 Å². The first-order valence-corrected chi connectivity index (χ1v) is 3.80. The molecule has 1 aromatic rings. The van der Waals surface area contributed by atoms with E-state index in [-0.39, 0.29) is 0 Å². The molecule has 0 atom stereocenters. The Bertz CT molecular complexity index is 286. The van der Waals surface area contributed by atoms with Gasteiger partial charge in [0.15, 0.2) is 0 Å². The van der Waals surface area contributed by atoms with E-state index >= 15 is 0 Å². The van der Waals surface area contributed by atoms with Gasteiger partial charge in [-0.1, -0.05) is 0 Å². The molecule has 0 aliphatic carbocycles. The molecule has 0 fully saturated rings. The van der Waals surface area contributed by atoms with Crippen molar-refractivity contribution in [2.45, 2.75) is 0 Å². The molecular weight excluding hydrogens is 171 g/mol. The van der Waals surface area contributed by atoms with Crippen LogP contribution < -0.4 is 9.47 Å². The monoisotopic (exact) mass is 182 g/mol. The van der Waals surface area contributed by atoms with Crippen LogP contribution in [-0.4, -0.2) is 14.2 Å². The highest BCUT2D eigenvalue weighted by atomic mass is 19.1. The lowest BCUT2D eigenvalue weighted by atomic mass is 10.2. The molecule has 0 spiro atoms. The summed E-state index contributed by atoms with van der Waals surface area (Å²) in [7, 11) is 3.11. The minimum atomic E-state index is 0.480. The second-order valence-corrected chi connectivity index (χ2v) is 2.44. The van der Waals surface area contributed by atoms with Gasteiger partial charge in [0.1, 0.15) is 11.5 Å². The lowest BCUT2D eigenvalue weighted by Gasteiger charge is -2.05. The third-order valence-electron chi connectivity index (χ3n) is 1.63. The van der Waals surface area contributed by atoms with E-state index < -0.39 is 0 Å². The van der Waals surface area contributed by atoms with Crippen LogP contribution in [0.2, 0.25) is 0 Å². The SMILES string of the molecule is COc1cc(/C=C/F)cc(OC)c1. The number of rotatable bonds is 3. The van der Waals surface area contributed by atoms with Gasteiger partial charge in [-0.25, -0.2) is 4.39 Å². The molecule has 0 aliphatic rings. The number of hydrogen-bond donors (Lipinski definition) is 0. The first kappa shape index (κ1) is 9.58. The molecule has 0 aromatic heterocycles. The van der Waals surface area contributed by atoms with Crippen LogP contribution in [0.1, 0.15) is 5.56 Å². The lowest BCUT2D eigenvalue weighted by molar-refractivity contribution is 0.394. The van der Waals surface area contributed by atoms with Crippen LogP contribution in [0.3, 0.4) is 0 Å². The first-order valence-electron chi connectivity index (χ1n) is 3.80. The summed E-state index contributed by atoms with van der Waals surface area (Å²) in [5, 5.41) is 0. The van der Waals surface area contributed by atoms with Crippen molar-refractivity contribution in [1.29, 1.82) is 0 Å². The van der Waals surface area contributed by atoms with Crippen LogP contribution in [0.4, 0.5) is 4.39 Å². The standard InChI is InChI=1S/C10H11FO2/c1-12-9-5-8(3-4-11)6-10(7-9)13-2/h3-7H,1-2H3/b4-3+. The number of ether oxygens (including phenoxy) is 2. The van der Waals surface area contributed by atoms with Crippen molar-refractivity contribution >= 4 is 6.08 Å². The Morgan fingerprint density at radius 1 is 1.08 bits per heavy atom. The maximum absolute atomic E-state index is 11.9. The van der Waals surface area contributed by atoms with Crippen LogP contribution in [0.15, 0.2) is 24.5 Å². The van der Waals surface area contributed by atoms with E-state index in [4.69, 9.17) is 9.47 Å². The molecule has 0 saturated carbocycles. The minimum Gasteiger partial charge on any atom is -0.497 e.